The number of carbonyl (C=O) groups excluding carboxylic acids is 2. The third-order valence-electron chi connectivity index (χ3n) is 3.68. The maximum atomic E-state index is 12.1. The van der Waals surface area contributed by atoms with E-state index in [1.165, 1.54) is 24.3 Å². The predicted octanol–water partition coefficient (Wildman–Crippen LogP) is 2.42. The summed E-state index contributed by atoms with van der Waals surface area (Å²) in [5, 5.41) is 10.6. The molecular weight excluding hydrogens is 314 g/mol. The van der Waals surface area contributed by atoms with Gasteiger partial charge in [-0.25, -0.2) is 9.59 Å². The van der Waals surface area contributed by atoms with E-state index in [0.29, 0.717) is 11.1 Å². The van der Waals surface area contributed by atoms with Crippen molar-refractivity contribution in [2.75, 3.05) is 0 Å². The van der Waals surface area contributed by atoms with E-state index >= 15 is 0 Å². The van der Waals surface area contributed by atoms with E-state index in [-0.39, 0.29) is 18.7 Å². The van der Waals surface area contributed by atoms with Crippen molar-refractivity contribution in [3.05, 3.63) is 75.3 Å². The number of cyclic esters (lactones) is 1. The van der Waals surface area contributed by atoms with Crippen LogP contribution >= 0.6 is 0 Å². The van der Waals surface area contributed by atoms with E-state index in [0.717, 1.165) is 5.56 Å². The van der Waals surface area contributed by atoms with Crippen LogP contribution < -0.4 is 0 Å². The monoisotopic (exact) mass is 327 g/mol. The normalized spacial score (nSPS) is 16.0. The van der Waals surface area contributed by atoms with Crippen LogP contribution in [0.5, 0.6) is 0 Å². The Kier molecular flexibility index (Phi) is 4.24. The van der Waals surface area contributed by atoms with Crippen molar-refractivity contribution in [1.82, 2.24) is 0 Å². The zero-order valence-corrected chi connectivity index (χ0v) is 12.5. The summed E-state index contributed by atoms with van der Waals surface area (Å²) in [6.45, 7) is -0.0491. The molecule has 0 fully saturated rings. The van der Waals surface area contributed by atoms with Crippen molar-refractivity contribution in [2.45, 2.75) is 19.1 Å². The molecule has 1 unspecified atom stereocenters. The zero-order chi connectivity index (χ0) is 17.1. The molecule has 122 valence electrons. The fraction of sp³-hybridized carbons (Fsp3) is 0.176. The maximum Gasteiger partial charge on any atom is 0.348 e. The van der Waals surface area contributed by atoms with Crippen molar-refractivity contribution < 1.29 is 24.0 Å². The van der Waals surface area contributed by atoms with E-state index in [1.807, 2.05) is 0 Å². The summed E-state index contributed by atoms with van der Waals surface area (Å²) in [6.07, 6.45) is -0.716. The smallest absolute Gasteiger partial charge is 0.348 e. The largest absolute Gasteiger partial charge is 0.458 e. The molecular formula is C17H13NO6. The topological polar surface area (TPSA) is 95.7 Å². The molecule has 1 aliphatic rings. The number of fused-ring (bicyclic) bond motifs is 1. The van der Waals surface area contributed by atoms with Crippen molar-refractivity contribution in [3.8, 4) is 0 Å². The van der Waals surface area contributed by atoms with Gasteiger partial charge in [0, 0.05) is 18.6 Å². The van der Waals surface area contributed by atoms with Crippen molar-refractivity contribution in [3.63, 3.8) is 0 Å². The number of nitro benzene ring substituents is 1. The van der Waals surface area contributed by atoms with Gasteiger partial charge in [-0.2, -0.15) is 0 Å². The molecule has 1 atom stereocenters. The maximum absolute atomic E-state index is 12.1. The summed E-state index contributed by atoms with van der Waals surface area (Å²) in [4.78, 5) is 34.1. The molecule has 2 aromatic carbocycles. The third-order valence-corrected chi connectivity index (χ3v) is 3.68. The van der Waals surface area contributed by atoms with Gasteiger partial charge in [-0.3, -0.25) is 10.1 Å². The van der Waals surface area contributed by atoms with Crippen LogP contribution in [-0.2, 0) is 27.3 Å². The van der Waals surface area contributed by atoms with E-state index in [4.69, 9.17) is 9.47 Å². The molecule has 0 aliphatic carbocycles. The summed E-state index contributed by atoms with van der Waals surface area (Å²) in [7, 11) is 0. The molecule has 2 aromatic rings. The number of hydrogen-bond donors (Lipinski definition) is 0. The summed E-state index contributed by atoms with van der Waals surface area (Å²) < 4.78 is 10.3. The highest BCUT2D eigenvalue weighted by Crippen LogP contribution is 2.21. The van der Waals surface area contributed by atoms with Gasteiger partial charge < -0.3 is 9.47 Å². The lowest BCUT2D eigenvalue weighted by Crippen LogP contribution is -2.35. The first-order valence-electron chi connectivity index (χ1n) is 7.23. The average molecular weight is 327 g/mol. The molecule has 1 aliphatic heterocycles. The number of ether oxygens (including phenoxy) is 2. The first kappa shape index (κ1) is 15.7. The molecule has 0 N–H and O–H groups in total. The van der Waals surface area contributed by atoms with Crippen LogP contribution in [0.15, 0.2) is 48.5 Å². The second kappa shape index (κ2) is 6.49. The number of carbonyl (C=O) groups is 2. The highest BCUT2D eigenvalue weighted by Gasteiger charge is 2.32. The minimum absolute atomic E-state index is 0.0390. The van der Waals surface area contributed by atoms with Gasteiger partial charge in [-0.05, 0) is 29.3 Å². The van der Waals surface area contributed by atoms with E-state index in [2.05, 4.69) is 0 Å². The number of hydrogen-bond acceptors (Lipinski definition) is 6. The number of non-ortho nitro benzene ring substituents is 1. The Bertz CT molecular complexity index is 799. The minimum atomic E-state index is -0.981. The third kappa shape index (κ3) is 3.24. The van der Waals surface area contributed by atoms with Gasteiger partial charge in [-0.15, -0.1) is 0 Å². The Morgan fingerprint density at radius 3 is 2.62 bits per heavy atom. The standard InChI is InChI=1S/C17H13NO6/c19-16-14-4-2-1-3-12(14)9-15(24-16)17(20)23-10-11-5-7-13(8-6-11)18(21)22/h1-8,15H,9-10H2. The number of benzene rings is 2. The molecule has 0 radical (unpaired) electrons. The van der Waals surface area contributed by atoms with Crippen LogP contribution in [-0.4, -0.2) is 23.0 Å². The molecule has 0 spiro atoms. The van der Waals surface area contributed by atoms with Crippen LogP contribution in [0.3, 0.4) is 0 Å². The van der Waals surface area contributed by atoms with Gasteiger partial charge in [0.2, 0.25) is 6.10 Å². The first-order valence-corrected chi connectivity index (χ1v) is 7.23. The summed E-state index contributed by atoms with van der Waals surface area (Å²) in [5.74, 6) is -1.19. The fourth-order valence-corrected chi connectivity index (χ4v) is 2.42. The van der Waals surface area contributed by atoms with Crippen molar-refractivity contribution in [1.29, 1.82) is 0 Å². The molecule has 7 nitrogen and oxygen atoms in total. The predicted molar refractivity (Wildman–Crippen MR) is 82.2 cm³/mol. The number of nitrogens with zero attached hydrogens (tertiary/aromatic N) is 1. The molecule has 0 saturated carbocycles. The summed E-state index contributed by atoms with van der Waals surface area (Å²) in [5.41, 5.74) is 1.77. The number of esters is 2. The van der Waals surface area contributed by atoms with Crippen LogP contribution in [0.2, 0.25) is 0 Å². The quantitative estimate of drug-likeness (QED) is 0.486. The highest BCUT2D eigenvalue weighted by atomic mass is 16.6. The minimum Gasteiger partial charge on any atom is -0.458 e. The van der Waals surface area contributed by atoms with Crippen molar-refractivity contribution >= 4 is 17.6 Å². The average Bonchev–Trinajstić information content (AvgIpc) is 2.60. The fourth-order valence-electron chi connectivity index (χ4n) is 2.42. The van der Waals surface area contributed by atoms with Crippen LogP contribution in [0.25, 0.3) is 0 Å². The number of rotatable bonds is 4. The van der Waals surface area contributed by atoms with Crippen LogP contribution in [0.1, 0.15) is 21.5 Å². The Morgan fingerprint density at radius 2 is 1.92 bits per heavy atom. The summed E-state index contributed by atoms with van der Waals surface area (Å²) in [6, 6.07) is 12.6. The van der Waals surface area contributed by atoms with Crippen LogP contribution in [0.4, 0.5) is 5.69 Å². The molecule has 7 heteroatoms. The summed E-state index contributed by atoms with van der Waals surface area (Å²) >= 11 is 0. The van der Waals surface area contributed by atoms with Crippen LogP contribution in [0, 0.1) is 10.1 Å². The van der Waals surface area contributed by atoms with Gasteiger partial charge in [0.05, 0.1) is 10.5 Å². The SMILES string of the molecule is O=C1OC(C(=O)OCc2ccc([N+](=O)[O-])cc2)Cc2ccccc21. The van der Waals surface area contributed by atoms with E-state index in [9.17, 15) is 19.7 Å². The molecule has 1 heterocycles. The Balaban J connectivity index is 1.62. The molecule has 0 saturated heterocycles. The molecule has 0 amide bonds. The van der Waals surface area contributed by atoms with Gasteiger partial charge in [0.15, 0.2) is 0 Å². The van der Waals surface area contributed by atoms with Gasteiger partial charge in [-0.1, -0.05) is 18.2 Å². The highest BCUT2D eigenvalue weighted by molar-refractivity contribution is 5.94. The number of nitro groups is 1. The Labute approximate surface area is 137 Å². The van der Waals surface area contributed by atoms with Gasteiger partial charge in [0.1, 0.15) is 6.61 Å². The Hall–Kier alpha value is -3.22. The molecule has 0 aromatic heterocycles. The first-order chi connectivity index (χ1) is 11.5. The Morgan fingerprint density at radius 1 is 1.21 bits per heavy atom. The zero-order valence-electron chi connectivity index (χ0n) is 12.5. The molecule has 24 heavy (non-hydrogen) atoms. The second-order valence-corrected chi connectivity index (χ2v) is 5.29. The lowest BCUT2D eigenvalue weighted by atomic mass is 9.99. The lowest BCUT2D eigenvalue weighted by molar-refractivity contribution is -0.384. The van der Waals surface area contributed by atoms with Crippen molar-refractivity contribution in [2.24, 2.45) is 0 Å². The van der Waals surface area contributed by atoms with Gasteiger partial charge >= 0.3 is 11.9 Å². The van der Waals surface area contributed by atoms with Gasteiger partial charge in [0.25, 0.3) is 5.69 Å². The molecule has 0 bridgehead atoms. The molecule has 3 rings (SSSR count). The second-order valence-electron chi connectivity index (χ2n) is 5.29. The van der Waals surface area contributed by atoms with E-state index in [1.54, 1.807) is 24.3 Å². The lowest BCUT2D eigenvalue weighted by Gasteiger charge is -2.23. The van der Waals surface area contributed by atoms with E-state index < -0.39 is 23.0 Å².